The van der Waals surface area contributed by atoms with Crippen LogP contribution in [0.4, 0.5) is 0 Å². The van der Waals surface area contributed by atoms with E-state index in [9.17, 15) is 4.79 Å². The highest BCUT2D eigenvalue weighted by Gasteiger charge is 2.36. The molecule has 1 aliphatic heterocycles. The van der Waals surface area contributed by atoms with Gasteiger partial charge in [-0.05, 0) is 19.8 Å². The Labute approximate surface area is 123 Å². The quantitative estimate of drug-likeness (QED) is 0.739. The van der Waals surface area contributed by atoms with E-state index in [4.69, 9.17) is 9.57 Å². The van der Waals surface area contributed by atoms with Gasteiger partial charge in [0.05, 0.1) is 19.6 Å². The van der Waals surface area contributed by atoms with E-state index >= 15 is 0 Å². The number of carbonyl (C=O) groups is 1. The summed E-state index contributed by atoms with van der Waals surface area (Å²) in [4.78, 5) is 19.8. The molecule has 5 heteroatoms. The molecule has 1 aliphatic carbocycles. The summed E-state index contributed by atoms with van der Waals surface area (Å²) in [7, 11) is 1.72. The van der Waals surface area contributed by atoms with E-state index in [1.165, 1.54) is 6.42 Å². The van der Waals surface area contributed by atoms with E-state index in [-0.39, 0.29) is 19.3 Å². The predicted octanol–water partition coefficient (Wildman–Crippen LogP) is 1.92. The van der Waals surface area contributed by atoms with Crippen LogP contribution in [0.1, 0.15) is 40.0 Å². The Bertz CT molecular complexity index is 291. The maximum atomic E-state index is 12.1. The summed E-state index contributed by atoms with van der Waals surface area (Å²) in [6.07, 6.45) is 4.48. The van der Waals surface area contributed by atoms with Crippen LogP contribution in [0.5, 0.6) is 0 Å². The lowest BCUT2D eigenvalue weighted by Gasteiger charge is -2.42. The molecular weight excluding hydrogens is 256 g/mol. The van der Waals surface area contributed by atoms with Gasteiger partial charge < -0.3 is 9.57 Å². The highest BCUT2D eigenvalue weighted by Crippen LogP contribution is 2.30. The average Bonchev–Trinajstić information content (AvgIpc) is 2.47. The Kier molecular flexibility index (Phi) is 7.48. The lowest BCUT2D eigenvalue weighted by molar-refractivity contribution is -0.164. The summed E-state index contributed by atoms with van der Waals surface area (Å²) in [5.74, 6) is 0.0733. The van der Waals surface area contributed by atoms with Gasteiger partial charge in [-0.2, -0.15) is 5.06 Å². The largest absolute Gasteiger partial charge is 0.466 e. The fourth-order valence-electron chi connectivity index (χ4n) is 3.29. The van der Waals surface area contributed by atoms with Gasteiger partial charge in [0, 0.05) is 32.2 Å². The normalized spacial score (nSPS) is 28.7. The molecule has 0 aromatic carbocycles. The van der Waals surface area contributed by atoms with Gasteiger partial charge in [0.2, 0.25) is 0 Å². The summed E-state index contributed by atoms with van der Waals surface area (Å²) in [5, 5.41) is 1.98. The molecule has 2 fully saturated rings. The van der Waals surface area contributed by atoms with Crippen LogP contribution in [0.3, 0.4) is 0 Å². The second-order valence-corrected chi connectivity index (χ2v) is 5.36. The predicted molar refractivity (Wildman–Crippen MR) is 79.3 cm³/mol. The zero-order valence-electron chi connectivity index (χ0n) is 12.1. The Morgan fingerprint density at radius 1 is 1.15 bits per heavy atom. The van der Waals surface area contributed by atoms with Crippen molar-refractivity contribution < 1.29 is 14.4 Å². The number of hydrogen-bond acceptors (Lipinski definition) is 5. The molecule has 5 nitrogen and oxygen atoms in total. The molecule has 0 N–H and O–H groups in total. The molecule has 0 bridgehead atoms. The third-order valence-corrected chi connectivity index (χ3v) is 4.32. The number of carbonyl (C=O) groups excluding carboxylic acids is 1. The molecule has 0 radical (unpaired) electrons. The molecule has 1 saturated heterocycles. The third-order valence-electron chi connectivity index (χ3n) is 4.32. The molecule has 0 amide bonds. The molecule has 0 aromatic heterocycles. The van der Waals surface area contributed by atoms with Crippen LogP contribution in [0.2, 0.25) is 0 Å². The molecule has 1 saturated carbocycles. The highest BCUT2D eigenvalue weighted by molar-refractivity contribution is 5.73. The molecule has 20 heavy (non-hydrogen) atoms. The van der Waals surface area contributed by atoms with Crippen molar-refractivity contribution in [3.63, 3.8) is 0 Å². The van der Waals surface area contributed by atoms with Crippen molar-refractivity contribution in [3.05, 3.63) is 0 Å². The SMILES string of the molecule is C.CCOC(=O)C1CCCCC1N1CCN(OC)CC1. The summed E-state index contributed by atoms with van der Waals surface area (Å²) in [6.45, 7) is 6.17. The number of rotatable bonds is 4. The molecule has 0 spiro atoms. The van der Waals surface area contributed by atoms with Gasteiger partial charge in [0.25, 0.3) is 0 Å². The zero-order valence-corrected chi connectivity index (χ0v) is 12.1. The summed E-state index contributed by atoms with van der Waals surface area (Å²) in [5.41, 5.74) is 0. The maximum absolute atomic E-state index is 12.1. The van der Waals surface area contributed by atoms with Gasteiger partial charge in [-0.3, -0.25) is 9.69 Å². The van der Waals surface area contributed by atoms with Crippen molar-refractivity contribution in [2.75, 3.05) is 39.9 Å². The third kappa shape index (κ3) is 4.17. The van der Waals surface area contributed by atoms with Crippen LogP contribution in [-0.4, -0.2) is 61.9 Å². The first-order valence-corrected chi connectivity index (χ1v) is 7.46. The van der Waals surface area contributed by atoms with Gasteiger partial charge in [-0.25, -0.2) is 0 Å². The number of hydroxylamine groups is 2. The van der Waals surface area contributed by atoms with E-state index in [1.54, 1.807) is 7.11 Å². The van der Waals surface area contributed by atoms with Crippen LogP contribution < -0.4 is 0 Å². The fourth-order valence-corrected chi connectivity index (χ4v) is 3.29. The van der Waals surface area contributed by atoms with Crippen LogP contribution in [0.25, 0.3) is 0 Å². The van der Waals surface area contributed by atoms with Crippen molar-refractivity contribution in [1.29, 1.82) is 0 Å². The van der Waals surface area contributed by atoms with Crippen molar-refractivity contribution in [1.82, 2.24) is 9.96 Å². The minimum absolute atomic E-state index is 0. The smallest absolute Gasteiger partial charge is 0.310 e. The van der Waals surface area contributed by atoms with Crippen molar-refractivity contribution in [3.8, 4) is 0 Å². The van der Waals surface area contributed by atoms with E-state index in [0.29, 0.717) is 12.6 Å². The first-order chi connectivity index (χ1) is 9.26. The summed E-state index contributed by atoms with van der Waals surface area (Å²) < 4.78 is 5.24. The Morgan fingerprint density at radius 2 is 1.80 bits per heavy atom. The lowest BCUT2D eigenvalue weighted by Crippen LogP contribution is -2.54. The Hall–Kier alpha value is -0.650. The lowest BCUT2D eigenvalue weighted by atomic mass is 9.83. The first-order valence-electron chi connectivity index (χ1n) is 7.46. The van der Waals surface area contributed by atoms with Gasteiger partial charge in [-0.1, -0.05) is 20.3 Å². The number of esters is 1. The molecule has 2 unspecified atom stereocenters. The molecule has 1 heterocycles. The van der Waals surface area contributed by atoms with Gasteiger partial charge in [-0.15, -0.1) is 0 Å². The zero-order chi connectivity index (χ0) is 13.7. The van der Waals surface area contributed by atoms with Crippen LogP contribution in [-0.2, 0) is 14.4 Å². The minimum Gasteiger partial charge on any atom is -0.466 e. The molecule has 2 rings (SSSR count). The van der Waals surface area contributed by atoms with E-state index in [0.717, 1.165) is 45.4 Å². The number of nitrogens with zero attached hydrogens (tertiary/aromatic N) is 2. The molecule has 118 valence electrons. The Morgan fingerprint density at radius 3 is 2.40 bits per heavy atom. The average molecular weight is 286 g/mol. The van der Waals surface area contributed by atoms with Crippen LogP contribution >= 0.6 is 0 Å². The van der Waals surface area contributed by atoms with E-state index in [1.807, 2.05) is 12.0 Å². The van der Waals surface area contributed by atoms with E-state index in [2.05, 4.69) is 4.90 Å². The van der Waals surface area contributed by atoms with Gasteiger partial charge in [0.15, 0.2) is 0 Å². The maximum Gasteiger partial charge on any atom is 0.310 e. The monoisotopic (exact) mass is 286 g/mol. The standard InChI is InChI=1S/C14H26N2O3.CH4/c1-3-19-14(17)12-6-4-5-7-13(12)15-8-10-16(18-2)11-9-15;/h12-13H,3-11H2,1-2H3;1H4. The molecule has 2 aliphatic rings. The van der Waals surface area contributed by atoms with Crippen LogP contribution in [0.15, 0.2) is 0 Å². The summed E-state index contributed by atoms with van der Waals surface area (Å²) >= 11 is 0. The second kappa shape index (κ2) is 8.60. The minimum atomic E-state index is 0. The molecule has 0 aromatic rings. The van der Waals surface area contributed by atoms with Gasteiger partial charge in [0.1, 0.15) is 0 Å². The second-order valence-electron chi connectivity index (χ2n) is 5.36. The topological polar surface area (TPSA) is 42.0 Å². The molecular formula is C15H30N2O3. The van der Waals surface area contributed by atoms with Gasteiger partial charge >= 0.3 is 5.97 Å². The van der Waals surface area contributed by atoms with E-state index < -0.39 is 0 Å². The number of piperazine rings is 1. The van der Waals surface area contributed by atoms with Crippen molar-refractivity contribution in [2.45, 2.75) is 46.1 Å². The summed E-state index contributed by atoms with van der Waals surface area (Å²) in [6, 6.07) is 0.367. The van der Waals surface area contributed by atoms with Crippen LogP contribution in [0, 0.1) is 5.92 Å². The fraction of sp³-hybridized carbons (Fsp3) is 0.933. The van der Waals surface area contributed by atoms with Crippen molar-refractivity contribution >= 4 is 5.97 Å². The highest BCUT2D eigenvalue weighted by atomic mass is 16.7. The number of hydrogen-bond donors (Lipinski definition) is 0. The Balaban J connectivity index is 0.00000200. The first kappa shape index (κ1) is 17.4. The van der Waals surface area contributed by atoms with Crippen molar-refractivity contribution in [2.24, 2.45) is 5.92 Å². The number of ether oxygens (including phenoxy) is 1. The molecule has 2 atom stereocenters.